The molecule has 6 nitrogen and oxygen atoms in total. The second-order valence-corrected chi connectivity index (χ2v) is 3.89. The molecule has 0 spiro atoms. The van der Waals surface area contributed by atoms with Gasteiger partial charge in [-0.2, -0.15) is 4.68 Å². The Bertz CT molecular complexity index is 800. The van der Waals surface area contributed by atoms with Crippen molar-refractivity contribution in [2.24, 2.45) is 0 Å². The van der Waals surface area contributed by atoms with E-state index < -0.39 is 11.4 Å². The molecule has 3 rings (SSSR count). The van der Waals surface area contributed by atoms with Crippen molar-refractivity contribution < 1.29 is 0 Å². The number of aromatic nitrogens is 4. The SMILES string of the molecule is O=c1[nH]n(-c2ccccn2)c(=O)n1-c1ccccc1. The second kappa shape index (κ2) is 4.41. The Morgan fingerprint density at radius 3 is 2.37 bits per heavy atom. The van der Waals surface area contributed by atoms with Crippen molar-refractivity contribution in [2.45, 2.75) is 0 Å². The van der Waals surface area contributed by atoms with E-state index in [4.69, 9.17) is 0 Å². The van der Waals surface area contributed by atoms with Gasteiger partial charge in [0.25, 0.3) is 0 Å². The summed E-state index contributed by atoms with van der Waals surface area (Å²) in [6, 6.07) is 13.9. The number of nitrogens with one attached hydrogen (secondary N) is 1. The first-order valence-corrected chi connectivity index (χ1v) is 5.68. The zero-order valence-electron chi connectivity index (χ0n) is 9.85. The Morgan fingerprint density at radius 2 is 1.68 bits per heavy atom. The summed E-state index contributed by atoms with van der Waals surface area (Å²) in [6.07, 6.45) is 1.56. The molecule has 3 aromatic rings. The van der Waals surface area contributed by atoms with Crippen LogP contribution in [0.3, 0.4) is 0 Å². The minimum absolute atomic E-state index is 0.374. The molecule has 6 heteroatoms. The van der Waals surface area contributed by atoms with E-state index in [9.17, 15) is 9.59 Å². The fourth-order valence-corrected chi connectivity index (χ4v) is 1.83. The smallest absolute Gasteiger partial charge is 0.246 e. The van der Waals surface area contributed by atoms with E-state index in [0.717, 1.165) is 9.25 Å². The maximum Gasteiger partial charge on any atom is 0.357 e. The van der Waals surface area contributed by atoms with Crippen LogP contribution in [0.2, 0.25) is 0 Å². The van der Waals surface area contributed by atoms with Gasteiger partial charge in [0.1, 0.15) is 0 Å². The van der Waals surface area contributed by atoms with Gasteiger partial charge >= 0.3 is 11.4 Å². The molecule has 19 heavy (non-hydrogen) atoms. The number of nitrogens with zero attached hydrogens (tertiary/aromatic N) is 3. The summed E-state index contributed by atoms with van der Waals surface area (Å²) in [4.78, 5) is 28.2. The van der Waals surface area contributed by atoms with Crippen molar-refractivity contribution in [3.8, 4) is 11.5 Å². The van der Waals surface area contributed by atoms with Crippen LogP contribution in [-0.2, 0) is 0 Å². The van der Waals surface area contributed by atoms with E-state index >= 15 is 0 Å². The van der Waals surface area contributed by atoms with E-state index in [-0.39, 0.29) is 0 Å². The first-order chi connectivity index (χ1) is 9.27. The van der Waals surface area contributed by atoms with Gasteiger partial charge < -0.3 is 0 Å². The number of para-hydroxylation sites is 1. The fourth-order valence-electron chi connectivity index (χ4n) is 1.83. The highest BCUT2D eigenvalue weighted by atomic mass is 16.2. The van der Waals surface area contributed by atoms with Crippen molar-refractivity contribution >= 4 is 0 Å². The average Bonchev–Trinajstić information content (AvgIpc) is 2.76. The standard InChI is InChI=1S/C13H10N4O2/c18-12-15-17(11-8-4-5-9-14-11)13(19)16(12)10-6-2-1-3-7-10/h1-9H,(H,15,18). The van der Waals surface area contributed by atoms with E-state index in [0.29, 0.717) is 11.5 Å². The van der Waals surface area contributed by atoms with Crippen LogP contribution in [0.1, 0.15) is 0 Å². The number of H-pyrrole nitrogens is 1. The van der Waals surface area contributed by atoms with Gasteiger partial charge in [-0.25, -0.2) is 24.2 Å². The third-order valence-corrected chi connectivity index (χ3v) is 2.69. The first kappa shape index (κ1) is 11.2. The minimum atomic E-state index is -0.498. The highest BCUT2D eigenvalue weighted by Gasteiger charge is 2.12. The molecular formula is C13H10N4O2. The topological polar surface area (TPSA) is 72.7 Å². The van der Waals surface area contributed by atoms with Crippen molar-refractivity contribution in [3.05, 3.63) is 75.7 Å². The highest BCUT2D eigenvalue weighted by molar-refractivity contribution is 5.31. The molecule has 0 aliphatic rings. The molecule has 0 radical (unpaired) electrons. The number of hydrogen-bond donors (Lipinski definition) is 1. The molecule has 0 saturated heterocycles. The van der Waals surface area contributed by atoms with Gasteiger partial charge in [-0.1, -0.05) is 24.3 Å². The minimum Gasteiger partial charge on any atom is -0.246 e. The Hall–Kier alpha value is -2.89. The summed E-state index contributed by atoms with van der Waals surface area (Å²) in [6.45, 7) is 0. The Kier molecular flexibility index (Phi) is 2.60. The van der Waals surface area contributed by atoms with Crippen LogP contribution < -0.4 is 11.4 Å². The number of benzene rings is 1. The Labute approximate surface area is 107 Å². The van der Waals surface area contributed by atoms with Crippen LogP contribution in [0, 0.1) is 0 Å². The van der Waals surface area contributed by atoms with Crippen LogP contribution in [0.4, 0.5) is 0 Å². The summed E-state index contributed by atoms with van der Waals surface area (Å²) in [5.74, 6) is 0.374. The van der Waals surface area contributed by atoms with Crippen LogP contribution in [0.15, 0.2) is 64.3 Å². The third kappa shape index (κ3) is 1.89. The molecule has 0 saturated carbocycles. The van der Waals surface area contributed by atoms with Crippen molar-refractivity contribution in [3.63, 3.8) is 0 Å². The summed E-state index contributed by atoms with van der Waals surface area (Å²) >= 11 is 0. The largest absolute Gasteiger partial charge is 0.357 e. The van der Waals surface area contributed by atoms with Crippen LogP contribution in [-0.4, -0.2) is 19.3 Å². The molecule has 0 aliphatic carbocycles. The van der Waals surface area contributed by atoms with E-state index in [1.807, 2.05) is 6.07 Å². The molecule has 0 unspecified atom stereocenters. The lowest BCUT2D eigenvalue weighted by Crippen LogP contribution is -2.26. The summed E-state index contributed by atoms with van der Waals surface area (Å²) in [7, 11) is 0. The van der Waals surface area contributed by atoms with Gasteiger partial charge in [0.15, 0.2) is 5.82 Å². The zero-order chi connectivity index (χ0) is 13.2. The molecular weight excluding hydrogens is 244 g/mol. The van der Waals surface area contributed by atoms with Crippen molar-refractivity contribution in [1.29, 1.82) is 0 Å². The molecule has 0 atom stereocenters. The molecule has 1 aromatic carbocycles. The molecule has 2 aromatic heterocycles. The molecule has 94 valence electrons. The van der Waals surface area contributed by atoms with Gasteiger partial charge in [0.2, 0.25) is 0 Å². The van der Waals surface area contributed by atoms with Crippen LogP contribution in [0.25, 0.3) is 11.5 Å². The van der Waals surface area contributed by atoms with Gasteiger partial charge in [0.05, 0.1) is 5.69 Å². The fraction of sp³-hybridized carbons (Fsp3) is 0. The third-order valence-electron chi connectivity index (χ3n) is 2.69. The average molecular weight is 254 g/mol. The van der Waals surface area contributed by atoms with Gasteiger partial charge in [0, 0.05) is 6.20 Å². The predicted molar refractivity (Wildman–Crippen MR) is 69.8 cm³/mol. The van der Waals surface area contributed by atoms with Crippen molar-refractivity contribution in [1.82, 2.24) is 19.3 Å². The molecule has 0 fully saturated rings. The van der Waals surface area contributed by atoms with Crippen molar-refractivity contribution in [2.75, 3.05) is 0 Å². The molecule has 1 N–H and O–H groups in total. The number of rotatable bonds is 2. The monoisotopic (exact) mass is 254 g/mol. The lowest BCUT2D eigenvalue weighted by molar-refractivity contribution is 0.799. The predicted octanol–water partition coefficient (Wildman–Crippen LogP) is 0.711. The normalized spacial score (nSPS) is 10.5. The van der Waals surface area contributed by atoms with E-state index in [1.54, 1.807) is 48.7 Å². The Morgan fingerprint density at radius 1 is 0.947 bits per heavy atom. The Balaban J connectivity index is 2.23. The van der Waals surface area contributed by atoms with Gasteiger partial charge in [-0.15, -0.1) is 0 Å². The second-order valence-electron chi connectivity index (χ2n) is 3.89. The van der Waals surface area contributed by atoms with E-state index in [1.165, 1.54) is 0 Å². The van der Waals surface area contributed by atoms with Crippen LogP contribution >= 0.6 is 0 Å². The first-order valence-electron chi connectivity index (χ1n) is 5.68. The van der Waals surface area contributed by atoms with Gasteiger partial charge in [-0.3, -0.25) is 0 Å². The maximum absolute atomic E-state index is 12.2. The molecule has 0 aliphatic heterocycles. The lowest BCUT2D eigenvalue weighted by Gasteiger charge is -1.98. The summed E-state index contributed by atoms with van der Waals surface area (Å²) < 4.78 is 2.18. The summed E-state index contributed by atoms with van der Waals surface area (Å²) in [5, 5.41) is 2.48. The lowest BCUT2D eigenvalue weighted by atomic mass is 10.3. The van der Waals surface area contributed by atoms with Crippen LogP contribution in [0.5, 0.6) is 0 Å². The number of aromatic amines is 1. The molecule has 2 heterocycles. The highest BCUT2D eigenvalue weighted by Crippen LogP contribution is 2.01. The zero-order valence-corrected chi connectivity index (χ0v) is 9.85. The van der Waals surface area contributed by atoms with Gasteiger partial charge in [-0.05, 0) is 24.3 Å². The van der Waals surface area contributed by atoms with E-state index in [2.05, 4.69) is 10.1 Å². The summed E-state index contributed by atoms with van der Waals surface area (Å²) in [5.41, 5.74) is -0.458. The quantitative estimate of drug-likeness (QED) is 0.732. The maximum atomic E-state index is 12.2. The molecule has 0 bridgehead atoms. The molecule has 0 amide bonds. The number of hydrogen-bond acceptors (Lipinski definition) is 3. The number of pyridine rings is 1.